The Morgan fingerprint density at radius 3 is 2.60 bits per heavy atom. The van der Waals surface area contributed by atoms with Gasteiger partial charge in [-0.25, -0.2) is 4.39 Å². The van der Waals surface area contributed by atoms with Crippen LogP contribution in [0.5, 0.6) is 0 Å². The van der Waals surface area contributed by atoms with Crippen LogP contribution in [-0.2, 0) is 4.79 Å². The molecule has 0 heterocycles. The van der Waals surface area contributed by atoms with Crippen LogP contribution in [0.4, 0.5) is 10.1 Å². The van der Waals surface area contributed by atoms with Crippen LogP contribution < -0.4 is 5.32 Å². The quantitative estimate of drug-likeness (QED) is 0.820. The molecule has 0 unspecified atom stereocenters. The molecule has 1 rings (SSSR count). The minimum absolute atomic E-state index is 0.00785. The minimum atomic E-state index is -1.55. The molecule has 0 fully saturated rings. The maximum atomic E-state index is 13.2. The highest BCUT2D eigenvalue weighted by molar-refractivity contribution is 6.30. The Morgan fingerprint density at radius 1 is 1.53 bits per heavy atom. The van der Waals surface area contributed by atoms with Gasteiger partial charge in [0.25, 0.3) is 5.91 Å². The van der Waals surface area contributed by atoms with Crippen molar-refractivity contribution in [3.63, 3.8) is 0 Å². The average molecular weight is 232 g/mol. The second-order valence-electron chi connectivity index (χ2n) is 3.64. The fourth-order valence-electron chi connectivity index (χ4n) is 0.866. The third-order valence-corrected chi connectivity index (χ3v) is 1.97. The van der Waals surface area contributed by atoms with Crippen molar-refractivity contribution in [2.75, 3.05) is 5.32 Å². The summed E-state index contributed by atoms with van der Waals surface area (Å²) in [5, 5.41) is 11.8. The molecule has 1 aromatic rings. The van der Waals surface area contributed by atoms with E-state index in [4.69, 9.17) is 11.6 Å². The maximum Gasteiger partial charge on any atom is 0.255 e. The van der Waals surface area contributed by atoms with Crippen LogP contribution in [0.25, 0.3) is 0 Å². The van der Waals surface area contributed by atoms with E-state index in [1.54, 1.807) is 0 Å². The molecule has 3 nitrogen and oxygen atoms in total. The van der Waals surface area contributed by atoms with Crippen molar-refractivity contribution in [2.24, 2.45) is 0 Å². The van der Waals surface area contributed by atoms with E-state index in [0.29, 0.717) is 0 Å². The van der Waals surface area contributed by atoms with Gasteiger partial charge in [-0.1, -0.05) is 11.6 Å². The molecule has 0 saturated carbocycles. The zero-order valence-corrected chi connectivity index (χ0v) is 9.10. The summed E-state index contributed by atoms with van der Waals surface area (Å²) in [5.41, 5.74) is -1.56. The first-order valence-electron chi connectivity index (χ1n) is 4.29. The van der Waals surface area contributed by atoms with E-state index in [2.05, 4.69) is 5.32 Å². The summed E-state index contributed by atoms with van der Waals surface area (Å²) >= 11 is 5.54. The van der Waals surface area contributed by atoms with Gasteiger partial charge in [-0.3, -0.25) is 4.79 Å². The molecule has 0 aliphatic carbocycles. The summed E-state index contributed by atoms with van der Waals surface area (Å²) < 4.78 is 13.2. The molecule has 0 aliphatic rings. The molecule has 0 aliphatic heterocycles. The highest BCUT2D eigenvalue weighted by Gasteiger charge is 2.24. The van der Waals surface area contributed by atoms with Gasteiger partial charge < -0.3 is 10.4 Å². The van der Waals surface area contributed by atoms with Crippen LogP contribution in [0.15, 0.2) is 18.2 Å². The Labute approximate surface area is 91.9 Å². The maximum absolute atomic E-state index is 13.2. The van der Waals surface area contributed by atoms with Gasteiger partial charge in [0.05, 0.1) is 5.69 Å². The van der Waals surface area contributed by atoms with Crippen molar-refractivity contribution in [2.45, 2.75) is 19.4 Å². The van der Waals surface area contributed by atoms with Crippen molar-refractivity contribution >= 4 is 23.2 Å². The Balaban J connectivity index is 2.87. The van der Waals surface area contributed by atoms with Crippen molar-refractivity contribution in [3.8, 4) is 0 Å². The van der Waals surface area contributed by atoms with Crippen LogP contribution in [0.3, 0.4) is 0 Å². The topological polar surface area (TPSA) is 49.3 Å². The number of halogens is 2. The number of aliphatic hydroxyl groups is 1. The lowest BCUT2D eigenvalue weighted by Crippen LogP contribution is -2.36. The normalized spacial score (nSPS) is 11.3. The summed E-state index contributed by atoms with van der Waals surface area (Å²) in [4.78, 5) is 11.3. The van der Waals surface area contributed by atoms with Gasteiger partial charge in [0.2, 0.25) is 0 Å². The Morgan fingerprint density at radius 2 is 2.13 bits per heavy atom. The Bertz CT molecular complexity index is 387. The highest BCUT2D eigenvalue weighted by atomic mass is 35.5. The number of hydrogen-bond donors (Lipinski definition) is 2. The number of amides is 1. The fraction of sp³-hybridized carbons (Fsp3) is 0.300. The molecular formula is C10H11ClFNO2. The summed E-state index contributed by atoms with van der Waals surface area (Å²) in [6.07, 6.45) is 0. The molecular weight excluding hydrogens is 221 g/mol. The number of rotatable bonds is 2. The van der Waals surface area contributed by atoms with Gasteiger partial charge in [0, 0.05) is 5.02 Å². The van der Waals surface area contributed by atoms with Crippen molar-refractivity contribution < 1.29 is 14.3 Å². The summed E-state index contributed by atoms with van der Waals surface area (Å²) in [5.74, 6) is -1.32. The lowest BCUT2D eigenvalue weighted by molar-refractivity contribution is -0.130. The minimum Gasteiger partial charge on any atom is -0.381 e. The average Bonchev–Trinajstić information content (AvgIpc) is 2.08. The molecule has 0 atom stereocenters. The smallest absolute Gasteiger partial charge is 0.255 e. The third kappa shape index (κ3) is 3.18. The van der Waals surface area contributed by atoms with E-state index >= 15 is 0 Å². The second kappa shape index (κ2) is 4.16. The van der Waals surface area contributed by atoms with E-state index in [1.165, 1.54) is 26.0 Å². The summed E-state index contributed by atoms with van der Waals surface area (Å²) in [6.45, 7) is 2.63. The molecule has 5 heteroatoms. The fourth-order valence-corrected chi connectivity index (χ4v) is 1.02. The van der Waals surface area contributed by atoms with Gasteiger partial charge in [-0.05, 0) is 32.0 Å². The van der Waals surface area contributed by atoms with Crippen LogP contribution in [-0.4, -0.2) is 16.6 Å². The van der Waals surface area contributed by atoms with Crippen molar-refractivity contribution in [1.82, 2.24) is 0 Å². The van der Waals surface area contributed by atoms with Crippen LogP contribution in [0, 0.1) is 5.82 Å². The first-order valence-corrected chi connectivity index (χ1v) is 4.67. The molecule has 82 valence electrons. The molecule has 0 aromatic heterocycles. The molecule has 0 spiro atoms. The van der Waals surface area contributed by atoms with Gasteiger partial charge in [0.1, 0.15) is 11.4 Å². The number of carbonyl (C=O) groups excluding carboxylic acids is 1. The van der Waals surface area contributed by atoms with Crippen LogP contribution >= 0.6 is 11.6 Å². The van der Waals surface area contributed by atoms with E-state index in [9.17, 15) is 14.3 Å². The van der Waals surface area contributed by atoms with Crippen molar-refractivity contribution in [1.29, 1.82) is 0 Å². The highest BCUT2D eigenvalue weighted by Crippen LogP contribution is 2.19. The summed E-state index contributed by atoms with van der Waals surface area (Å²) in [7, 11) is 0. The molecule has 0 saturated heterocycles. The molecule has 0 bridgehead atoms. The summed E-state index contributed by atoms with van der Waals surface area (Å²) in [6, 6.07) is 3.87. The predicted molar refractivity (Wildman–Crippen MR) is 56.3 cm³/mol. The van der Waals surface area contributed by atoms with E-state index in [1.807, 2.05) is 0 Å². The Kier molecular flexibility index (Phi) is 3.31. The van der Waals surface area contributed by atoms with Crippen LogP contribution in [0.1, 0.15) is 13.8 Å². The van der Waals surface area contributed by atoms with Gasteiger partial charge >= 0.3 is 0 Å². The second-order valence-corrected chi connectivity index (χ2v) is 4.07. The van der Waals surface area contributed by atoms with Crippen molar-refractivity contribution in [3.05, 3.63) is 29.0 Å². The zero-order chi connectivity index (χ0) is 11.6. The number of anilines is 1. The first-order chi connectivity index (χ1) is 6.80. The first kappa shape index (κ1) is 11.9. The predicted octanol–water partition coefficient (Wildman–Crippen LogP) is 2.19. The van der Waals surface area contributed by atoms with E-state index in [-0.39, 0.29) is 10.7 Å². The van der Waals surface area contributed by atoms with Gasteiger partial charge in [-0.2, -0.15) is 0 Å². The monoisotopic (exact) mass is 231 g/mol. The molecule has 2 N–H and O–H groups in total. The number of benzene rings is 1. The molecule has 0 radical (unpaired) electrons. The number of carbonyl (C=O) groups is 1. The Hall–Kier alpha value is -1.13. The molecule has 15 heavy (non-hydrogen) atoms. The standard InChI is InChI=1S/C10H11ClFNO2/c1-10(2,15)9(14)13-8-4-3-6(11)5-7(8)12/h3-5,15H,1-2H3,(H,13,14). The number of nitrogens with one attached hydrogen (secondary N) is 1. The molecule has 1 amide bonds. The largest absolute Gasteiger partial charge is 0.381 e. The number of hydrogen-bond acceptors (Lipinski definition) is 2. The van der Waals surface area contributed by atoms with E-state index < -0.39 is 17.3 Å². The van der Waals surface area contributed by atoms with Crippen LogP contribution in [0.2, 0.25) is 5.02 Å². The lowest BCUT2D eigenvalue weighted by Gasteiger charge is -2.16. The molecule has 1 aromatic carbocycles. The van der Waals surface area contributed by atoms with Gasteiger partial charge in [-0.15, -0.1) is 0 Å². The van der Waals surface area contributed by atoms with E-state index in [0.717, 1.165) is 6.07 Å². The third-order valence-electron chi connectivity index (χ3n) is 1.74. The van der Waals surface area contributed by atoms with Gasteiger partial charge in [0.15, 0.2) is 0 Å². The SMILES string of the molecule is CC(C)(O)C(=O)Nc1ccc(Cl)cc1F. The lowest BCUT2D eigenvalue weighted by atomic mass is 10.1. The zero-order valence-electron chi connectivity index (χ0n) is 8.34.